The molecule has 2 aromatic rings. The summed E-state index contributed by atoms with van der Waals surface area (Å²) in [5.41, 5.74) is 3.15. The smallest absolute Gasteiger partial charge is 0.305 e. The third-order valence-electron chi connectivity index (χ3n) is 3.66. The van der Waals surface area contributed by atoms with E-state index in [1.54, 1.807) is 0 Å². The average Bonchev–Trinajstić information content (AvgIpc) is 2.57. The van der Waals surface area contributed by atoms with E-state index in [1.807, 2.05) is 56.3 Å². The van der Waals surface area contributed by atoms with Crippen LogP contribution in [0, 0.1) is 13.8 Å². The lowest BCUT2D eigenvalue weighted by atomic mass is 10.2. The van der Waals surface area contributed by atoms with Crippen molar-refractivity contribution in [2.24, 2.45) is 0 Å². The fourth-order valence-corrected chi connectivity index (χ4v) is 2.37. The summed E-state index contributed by atoms with van der Waals surface area (Å²) in [6.45, 7) is 4.94. The van der Waals surface area contributed by atoms with Crippen molar-refractivity contribution in [1.29, 1.82) is 0 Å². The van der Waals surface area contributed by atoms with Gasteiger partial charge in [0.05, 0.1) is 13.2 Å². The van der Waals surface area contributed by atoms with E-state index in [-0.39, 0.29) is 5.97 Å². The minimum atomic E-state index is -0.166. The highest BCUT2D eigenvalue weighted by atomic mass is 16.5. The van der Waals surface area contributed by atoms with E-state index in [1.165, 1.54) is 0 Å². The summed E-state index contributed by atoms with van der Waals surface area (Å²) >= 11 is 0. The van der Waals surface area contributed by atoms with Crippen LogP contribution < -0.4 is 4.74 Å². The van der Waals surface area contributed by atoms with Gasteiger partial charge in [0.15, 0.2) is 0 Å². The molecule has 0 fully saturated rings. The third-order valence-corrected chi connectivity index (χ3v) is 3.66. The lowest BCUT2D eigenvalue weighted by molar-refractivity contribution is -0.144. The Balaban J connectivity index is 1.54. The van der Waals surface area contributed by atoms with E-state index < -0.39 is 0 Å². The van der Waals surface area contributed by atoms with E-state index in [0.29, 0.717) is 26.1 Å². The highest BCUT2D eigenvalue weighted by Gasteiger charge is 2.04. The van der Waals surface area contributed by atoms with Crippen LogP contribution >= 0.6 is 0 Å². The number of ether oxygens (including phenoxy) is 2. The van der Waals surface area contributed by atoms with Crippen LogP contribution in [0.15, 0.2) is 42.5 Å². The summed E-state index contributed by atoms with van der Waals surface area (Å²) in [6, 6.07) is 13.8. The first kappa shape index (κ1) is 18.0. The Bertz CT molecular complexity index is 655. The molecule has 0 saturated carbocycles. The molecule has 24 heavy (non-hydrogen) atoms. The summed E-state index contributed by atoms with van der Waals surface area (Å²) in [4.78, 5) is 16.1. The molecular formula is C20H25NO3. The monoisotopic (exact) mass is 327 g/mol. The van der Waals surface area contributed by atoms with Crippen LogP contribution in [0.4, 0.5) is 0 Å². The van der Waals surface area contributed by atoms with Gasteiger partial charge in [-0.1, -0.05) is 24.3 Å². The van der Waals surface area contributed by atoms with Crippen LogP contribution in [0.3, 0.4) is 0 Å². The first-order chi connectivity index (χ1) is 11.6. The third kappa shape index (κ3) is 6.41. The summed E-state index contributed by atoms with van der Waals surface area (Å²) < 4.78 is 10.9. The SMILES string of the molecule is Cc1cccc(CCCOC(=O)CCCOc2ccccc2C)n1. The van der Waals surface area contributed by atoms with Gasteiger partial charge in [-0.25, -0.2) is 0 Å². The average molecular weight is 327 g/mol. The Labute approximate surface area is 143 Å². The summed E-state index contributed by atoms with van der Waals surface area (Å²) in [5.74, 6) is 0.706. The maximum Gasteiger partial charge on any atom is 0.305 e. The normalized spacial score (nSPS) is 10.4. The molecule has 0 aliphatic carbocycles. The quantitative estimate of drug-likeness (QED) is 0.515. The molecule has 0 amide bonds. The van der Waals surface area contributed by atoms with Crippen molar-refractivity contribution >= 4 is 5.97 Å². The van der Waals surface area contributed by atoms with Gasteiger partial charge in [-0.05, 0) is 56.9 Å². The predicted molar refractivity (Wildman–Crippen MR) is 94.2 cm³/mol. The number of rotatable bonds is 9. The molecule has 0 saturated heterocycles. The molecule has 128 valence electrons. The number of pyridine rings is 1. The fourth-order valence-electron chi connectivity index (χ4n) is 2.37. The van der Waals surface area contributed by atoms with Crippen LogP contribution in [-0.4, -0.2) is 24.2 Å². The van der Waals surface area contributed by atoms with E-state index in [0.717, 1.165) is 35.5 Å². The summed E-state index contributed by atoms with van der Waals surface area (Å²) in [7, 11) is 0. The number of aryl methyl sites for hydroxylation is 3. The molecule has 0 atom stereocenters. The molecule has 1 aromatic heterocycles. The largest absolute Gasteiger partial charge is 0.493 e. The number of nitrogens with zero attached hydrogens (tertiary/aromatic N) is 1. The number of benzene rings is 1. The minimum absolute atomic E-state index is 0.166. The number of esters is 1. The number of hydrogen-bond donors (Lipinski definition) is 0. The molecule has 0 radical (unpaired) electrons. The van der Waals surface area contributed by atoms with Gasteiger partial charge in [0, 0.05) is 17.8 Å². The van der Waals surface area contributed by atoms with Gasteiger partial charge >= 0.3 is 5.97 Å². The highest BCUT2D eigenvalue weighted by molar-refractivity contribution is 5.69. The molecular weight excluding hydrogens is 302 g/mol. The maximum atomic E-state index is 11.7. The highest BCUT2D eigenvalue weighted by Crippen LogP contribution is 2.16. The molecule has 2 rings (SSSR count). The van der Waals surface area contributed by atoms with Crippen molar-refractivity contribution in [2.75, 3.05) is 13.2 Å². The Morgan fingerprint density at radius 1 is 1.00 bits per heavy atom. The molecule has 0 unspecified atom stereocenters. The van der Waals surface area contributed by atoms with Gasteiger partial charge in [-0.3, -0.25) is 9.78 Å². The molecule has 4 heteroatoms. The number of aromatic nitrogens is 1. The molecule has 4 nitrogen and oxygen atoms in total. The van der Waals surface area contributed by atoms with Gasteiger partial charge in [0.1, 0.15) is 5.75 Å². The van der Waals surface area contributed by atoms with Crippen LogP contribution in [0.25, 0.3) is 0 Å². The van der Waals surface area contributed by atoms with Gasteiger partial charge in [-0.2, -0.15) is 0 Å². The van der Waals surface area contributed by atoms with E-state index in [4.69, 9.17) is 9.47 Å². The van der Waals surface area contributed by atoms with Crippen molar-refractivity contribution in [3.8, 4) is 5.75 Å². The second kappa shape index (κ2) is 9.71. The van der Waals surface area contributed by atoms with E-state index in [9.17, 15) is 4.79 Å². The lowest BCUT2D eigenvalue weighted by Gasteiger charge is -2.08. The van der Waals surface area contributed by atoms with Crippen LogP contribution in [-0.2, 0) is 16.0 Å². The zero-order valence-electron chi connectivity index (χ0n) is 14.5. The molecule has 1 heterocycles. The summed E-state index contributed by atoms with van der Waals surface area (Å²) in [5, 5.41) is 0. The predicted octanol–water partition coefficient (Wildman–Crippen LogP) is 4.03. The van der Waals surface area contributed by atoms with Crippen molar-refractivity contribution in [3.05, 3.63) is 59.4 Å². The molecule has 0 spiro atoms. The lowest BCUT2D eigenvalue weighted by Crippen LogP contribution is -2.09. The zero-order chi connectivity index (χ0) is 17.2. The maximum absolute atomic E-state index is 11.7. The fraction of sp³-hybridized carbons (Fsp3) is 0.400. The van der Waals surface area contributed by atoms with Crippen molar-refractivity contribution < 1.29 is 14.3 Å². The van der Waals surface area contributed by atoms with Gasteiger partial charge < -0.3 is 9.47 Å². The Kier molecular flexibility index (Phi) is 7.27. The number of para-hydroxylation sites is 1. The Hall–Kier alpha value is -2.36. The number of hydrogen-bond acceptors (Lipinski definition) is 4. The second-order valence-electron chi connectivity index (χ2n) is 5.81. The van der Waals surface area contributed by atoms with Crippen molar-refractivity contribution in [2.45, 2.75) is 39.5 Å². The molecule has 0 N–H and O–H groups in total. The van der Waals surface area contributed by atoms with Crippen molar-refractivity contribution in [3.63, 3.8) is 0 Å². The Morgan fingerprint density at radius 2 is 1.83 bits per heavy atom. The Morgan fingerprint density at radius 3 is 2.62 bits per heavy atom. The van der Waals surface area contributed by atoms with Crippen LogP contribution in [0.2, 0.25) is 0 Å². The number of carbonyl (C=O) groups is 1. The minimum Gasteiger partial charge on any atom is -0.493 e. The van der Waals surface area contributed by atoms with Crippen molar-refractivity contribution in [1.82, 2.24) is 4.98 Å². The molecule has 0 bridgehead atoms. The van der Waals surface area contributed by atoms with Gasteiger partial charge in [-0.15, -0.1) is 0 Å². The van der Waals surface area contributed by atoms with E-state index >= 15 is 0 Å². The first-order valence-electron chi connectivity index (χ1n) is 8.42. The van der Waals surface area contributed by atoms with Crippen LogP contribution in [0.1, 0.15) is 36.2 Å². The zero-order valence-corrected chi connectivity index (χ0v) is 14.5. The van der Waals surface area contributed by atoms with Gasteiger partial charge in [0.25, 0.3) is 0 Å². The number of carbonyl (C=O) groups excluding carboxylic acids is 1. The van der Waals surface area contributed by atoms with Crippen LogP contribution in [0.5, 0.6) is 5.75 Å². The topological polar surface area (TPSA) is 48.4 Å². The molecule has 1 aromatic carbocycles. The van der Waals surface area contributed by atoms with E-state index in [2.05, 4.69) is 4.98 Å². The molecule has 0 aliphatic rings. The molecule has 0 aliphatic heterocycles. The van der Waals surface area contributed by atoms with Gasteiger partial charge in [0.2, 0.25) is 0 Å². The standard InChI is InChI=1S/C20H25NO3/c1-16-8-3-4-12-19(16)23-14-7-13-20(22)24-15-6-11-18-10-5-9-17(2)21-18/h3-5,8-10,12H,6-7,11,13-15H2,1-2H3. The summed E-state index contributed by atoms with van der Waals surface area (Å²) in [6.07, 6.45) is 2.66. The first-order valence-corrected chi connectivity index (χ1v) is 8.42. The second-order valence-corrected chi connectivity index (χ2v) is 5.81.